The molecule has 0 unspecified atom stereocenters. The Morgan fingerprint density at radius 1 is 1.37 bits per heavy atom. The summed E-state index contributed by atoms with van der Waals surface area (Å²) >= 11 is 0. The van der Waals surface area contributed by atoms with Crippen LogP contribution in [0.25, 0.3) is 5.65 Å². The lowest BCUT2D eigenvalue weighted by molar-refractivity contribution is 0.0684. The summed E-state index contributed by atoms with van der Waals surface area (Å²) in [6, 6.07) is 2.88. The van der Waals surface area contributed by atoms with Crippen LogP contribution in [0.5, 0.6) is 0 Å². The zero-order chi connectivity index (χ0) is 14.4. The Hall–Kier alpha value is -2.11. The topological polar surface area (TPSA) is 76.6 Å². The summed E-state index contributed by atoms with van der Waals surface area (Å²) in [5, 5.41) is 13.4. The highest BCUT2D eigenvalue weighted by atomic mass is 16.4. The molecule has 102 valence electrons. The van der Waals surface area contributed by atoms with E-state index in [9.17, 15) is 9.59 Å². The van der Waals surface area contributed by atoms with Gasteiger partial charge in [-0.05, 0) is 6.92 Å². The third-order valence-corrected chi connectivity index (χ3v) is 3.03. The number of hydrogen-bond acceptors (Lipinski definition) is 3. The van der Waals surface area contributed by atoms with Gasteiger partial charge in [0.25, 0.3) is 5.56 Å². The Morgan fingerprint density at radius 2 is 2.00 bits per heavy atom. The van der Waals surface area contributed by atoms with Gasteiger partial charge in [0.05, 0.1) is 5.69 Å². The number of rotatable bonds is 2. The molecule has 6 heteroatoms. The fraction of sp³-hybridized carbons (Fsp3) is 0.462. The Labute approximate surface area is 110 Å². The van der Waals surface area contributed by atoms with Gasteiger partial charge in [0.15, 0.2) is 0 Å². The molecule has 0 saturated heterocycles. The van der Waals surface area contributed by atoms with Gasteiger partial charge in [-0.1, -0.05) is 20.8 Å². The Balaban J connectivity index is 2.88. The van der Waals surface area contributed by atoms with E-state index >= 15 is 0 Å². The second-order valence-corrected chi connectivity index (χ2v) is 5.47. The van der Waals surface area contributed by atoms with E-state index in [1.165, 1.54) is 4.52 Å². The van der Waals surface area contributed by atoms with E-state index < -0.39 is 11.5 Å². The summed E-state index contributed by atoms with van der Waals surface area (Å²) in [6.45, 7) is 8.27. The van der Waals surface area contributed by atoms with E-state index in [1.54, 1.807) is 10.6 Å². The van der Waals surface area contributed by atoms with E-state index in [1.807, 2.05) is 27.7 Å². The Bertz CT molecular complexity index is 704. The molecule has 0 amide bonds. The monoisotopic (exact) mass is 263 g/mol. The second kappa shape index (κ2) is 4.22. The maximum atomic E-state index is 11.9. The molecule has 0 aliphatic rings. The maximum Gasteiger partial charge on any atom is 0.352 e. The summed E-state index contributed by atoms with van der Waals surface area (Å²) in [4.78, 5) is 23.1. The lowest BCUT2D eigenvalue weighted by Crippen LogP contribution is -2.23. The quantitative estimate of drug-likeness (QED) is 0.891. The smallest absolute Gasteiger partial charge is 0.352 e. The SMILES string of the molecule is CCn1c(C(=O)O)cc(=O)n2nc(C(C)(C)C)cc12. The van der Waals surface area contributed by atoms with Crippen LogP contribution in [0.4, 0.5) is 0 Å². The summed E-state index contributed by atoms with van der Waals surface area (Å²) in [5.74, 6) is -1.11. The summed E-state index contributed by atoms with van der Waals surface area (Å²) in [6.07, 6.45) is 0. The van der Waals surface area contributed by atoms with Crippen LogP contribution in [-0.4, -0.2) is 25.3 Å². The molecule has 0 saturated carbocycles. The van der Waals surface area contributed by atoms with Crippen LogP contribution in [0.15, 0.2) is 16.9 Å². The molecule has 0 bridgehead atoms. The number of hydrogen-bond donors (Lipinski definition) is 1. The molecule has 2 rings (SSSR count). The van der Waals surface area contributed by atoms with Crippen molar-refractivity contribution in [1.82, 2.24) is 14.2 Å². The van der Waals surface area contributed by atoms with E-state index in [0.29, 0.717) is 12.2 Å². The van der Waals surface area contributed by atoms with Crippen molar-refractivity contribution >= 4 is 11.6 Å². The molecule has 6 nitrogen and oxygen atoms in total. The molecule has 0 fully saturated rings. The average Bonchev–Trinajstić information content (AvgIpc) is 2.73. The minimum atomic E-state index is -1.11. The lowest BCUT2D eigenvalue weighted by Gasteiger charge is -2.13. The Kier molecular flexibility index (Phi) is 2.96. The standard InChI is InChI=1S/C13H17N3O3/c1-5-15-8(12(18)19)6-11(17)16-10(15)7-9(14-16)13(2,3)4/h6-7H,5H2,1-4H3,(H,18,19). The van der Waals surface area contributed by atoms with Gasteiger partial charge >= 0.3 is 5.97 Å². The van der Waals surface area contributed by atoms with Crippen molar-refractivity contribution in [2.24, 2.45) is 0 Å². The van der Waals surface area contributed by atoms with Crippen molar-refractivity contribution in [1.29, 1.82) is 0 Å². The predicted octanol–water partition coefficient (Wildman–Crippen LogP) is 1.51. The second-order valence-electron chi connectivity index (χ2n) is 5.47. The molecule has 2 heterocycles. The molecule has 2 aromatic heterocycles. The summed E-state index contributed by atoms with van der Waals surface area (Å²) < 4.78 is 2.84. The van der Waals surface area contributed by atoms with Crippen LogP contribution in [0.3, 0.4) is 0 Å². The summed E-state index contributed by atoms with van der Waals surface area (Å²) in [7, 11) is 0. The first-order valence-corrected chi connectivity index (χ1v) is 6.13. The first-order valence-electron chi connectivity index (χ1n) is 6.13. The normalized spacial score (nSPS) is 12.0. The molecule has 0 radical (unpaired) electrons. The number of aryl methyl sites for hydroxylation is 1. The highest BCUT2D eigenvalue weighted by molar-refractivity contribution is 5.86. The molecular weight excluding hydrogens is 246 g/mol. The lowest BCUT2D eigenvalue weighted by atomic mass is 9.93. The van der Waals surface area contributed by atoms with Crippen molar-refractivity contribution in [2.45, 2.75) is 39.7 Å². The van der Waals surface area contributed by atoms with Crippen LogP contribution in [-0.2, 0) is 12.0 Å². The van der Waals surface area contributed by atoms with Gasteiger partial charge in [0, 0.05) is 24.1 Å². The van der Waals surface area contributed by atoms with Crippen molar-refractivity contribution in [3.05, 3.63) is 33.9 Å². The number of nitrogens with zero attached hydrogens (tertiary/aromatic N) is 3. The molecule has 0 aliphatic carbocycles. The molecule has 0 aliphatic heterocycles. The van der Waals surface area contributed by atoms with Crippen LogP contribution in [0.2, 0.25) is 0 Å². The van der Waals surface area contributed by atoms with Gasteiger partial charge in [0.1, 0.15) is 11.3 Å². The number of carbonyl (C=O) groups is 1. The first-order chi connectivity index (χ1) is 8.75. The number of aromatic nitrogens is 3. The molecule has 0 aromatic carbocycles. The molecular formula is C13H17N3O3. The maximum absolute atomic E-state index is 11.9. The van der Waals surface area contributed by atoms with Gasteiger partial charge in [-0.3, -0.25) is 4.79 Å². The summed E-state index contributed by atoms with van der Waals surface area (Å²) in [5.41, 5.74) is 0.632. The number of fused-ring (bicyclic) bond motifs is 1. The average molecular weight is 263 g/mol. The van der Waals surface area contributed by atoms with Crippen LogP contribution in [0, 0.1) is 0 Å². The number of aromatic carboxylic acids is 1. The van der Waals surface area contributed by atoms with Crippen molar-refractivity contribution in [3.63, 3.8) is 0 Å². The molecule has 2 aromatic rings. The Morgan fingerprint density at radius 3 is 2.47 bits per heavy atom. The number of carboxylic acid groups (broad SMARTS) is 1. The molecule has 0 spiro atoms. The number of carboxylic acids is 1. The molecule has 0 atom stereocenters. The van der Waals surface area contributed by atoms with Crippen LogP contribution < -0.4 is 5.56 Å². The zero-order valence-electron chi connectivity index (χ0n) is 11.5. The largest absolute Gasteiger partial charge is 0.477 e. The predicted molar refractivity (Wildman–Crippen MR) is 70.8 cm³/mol. The third-order valence-electron chi connectivity index (χ3n) is 3.03. The highest BCUT2D eigenvalue weighted by Crippen LogP contribution is 2.21. The minimum Gasteiger partial charge on any atom is -0.477 e. The van der Waals surface area contributed by atoms with Crippen molar-refractivity contribution in [2.75, 3.05) is 0 Å². The van der Waals surface area contributed by atoms with Gasteiger partial charge in [-0.2, -0.15) is 9.61 Å². The van der Waals surface area contributed by atoms with E-state index in [-0.39, 0.29) is 11.1 Å². The minimum absolute atomic E-state index is 0.0136. The zero-order valence-corrected chi connectivity index (χ0v) is 11.5. The molecule has 19 heavy (non-hydrogen) atoms. The fourth-order valence-electron chi connectivity index (χ4n) is 1.98. The molecule has 1 N–H and O–H groups in total. The van der Waals surface area contributed by atoms with Gasteiger partial charge in [-0.15, -0.1) is 0 Å². The van der Waals surface area contributed by atoms with Gasteiger partial charge in [-0.25, -0.2) is 4.79 Å². The third kappa shape index (κ3) is 2.14. The van der Waals surface area contributed by atoms with Gasteiger partial charge in [0.2, 0.25) is 0 Å². The highest BCUT2D eigenvalue weighted by Gasteiger charge is 2.21. The van der Waals surface area contributed by atoms with Crippen LogP contribution in [0.1, 0.15) is 43.9 Å². The van der Waals surface area contributed by atoms with Crippen molar-refractivity contribution < 1.29 is 9.90 Å². The van der Waals surface area contributed by atoms with E-state index in [0.717, 1.165) is 11.8 Å². The van der Waals surface area contributed by atoms with Crippen LogP contribution >= 0.6 is 0 Å². The first kappa shape index (κ1) is 13.3. The fourth-order valence-corrected chi connectivity index (χ4v) is 1.98. The van der Waals surface area contributed by atoms with Crippen molar-refractivity contribution in [3.8, 4) is 0 Å². The van der Waals surface area contributed by atoms with Gasteiger partial charge < -0.3 is 9.67 Å². The van der Waals surface area contributed by atoms with E-state index in [2.05, 4.69) is 5.10 Å². The van der Waals surface area contributed by atoms with E-state index in [4.69, 9.17) is 5.11 Å².